The highest BCUT2D eigenvalue weighted by molar-refractivity contribution is 5.90. The van der Waals surface area contributed by atoms with E-state index in [1.54, 1.807) is 24.3 Å². The average Bonchev–Trinajstić information content (AvgIpc) is 2.47. The second kappa shape index (κ2) is 6.79. The first-order chi connectivity index (χ1) is 9.29. The topological polar surface area (TPSA) is 64.9 Å². The first-order valence-corrected chi connectivity index (χ1v) is 6.83. The number of rotatable bonds is 3. The molecule has 2 amide bonds. The first-order valence-electron chi connectivity index (χ1n) is 6.83. The molecule has 1 aliphatic rings. The Hall–Kier alpha value is -2.02. The van der Waals surface area contributed by atoms with Gasteiger partial charge in [-0.3, -0.25) is 0 Å². The van der Waals surface area contributed by atoms with E-state index in [9.17, 15) is 4.79 Å². The third-order valence-electron chi connectivity index (χ3n) is 3.57. The maximum atomic E-state index is 11.8. The molecule has 0 radical (unpaired) electrons. The molecule has 1 saturated carbocycles. The van der Waals surface area contributed by atoms with Gasteiger partial charge in [0.2, 0.25) is 0 Å². The average molecular weight is 257 g/mol. The van der Waals surface area contributed by atoms with E-state index >= 15 is 0 Å². The van der Waals surface area contributed by atoms with Gasteiger partial charge in [0.1, 0.15) is 6.07 Å². The maximum Gasteiger partial charge on any atom is 0.319 e. The first kappa shape index (κ1) is 13.4. The molecule has 19 heavy (non-hydrogen) atoms. The van der Waals surface area contributed by atoms with Crippen LogP contribution in [0.1, 0.15) is 37.7 Å². The van der Waals surface area contributed by atoms with Gasteiger partial charge in [-0.05, 0) is 30.9 Å². The molecule has 0 atom stereocenters. The van der Waals surface area contributed by atoms with Crippen molar-refractivity contribution in [2.45, 2.75) is 32.1 Å². The number of carbonyl (C=O) groups is 1. The van der Waals surface area contributed by atoms with Gasteiger partial charge in [-0.2, -0.15) is 5.26 Å². The van der Waals surface area contributed by atoms with Crippen LogP contribution in [-0.4, -0.2) is 12.6 Å². The summed E-state index contributed by atoms with van der Waals surface area (Å²) in [6, 6.07) is 8.85. The minimum atomic E-state index is -0.228. The van der Waals surface area contributed by atoms with E-state index in [0.29, 0.717) is 17.2 Å². The third-order valence-corrected chi connectivity index (χ3v) is 3.57. The zero-order valence-corrected chi connectivity index (χ0v) is 11.0. The summed E-state index contributed by atoms with van der Waals surface area (Å²) in [6.45, 7) is 0.723. The van der Waals surface area contributed by atoms with E-state index in [2.05, 4.69) is 16.7 Å². The summed E-state index contributed by atoms with van der Waals surface area (Å²) >= 11 is 0. The quantitative estimate of drug-likeness (QED) is 0.872. The Balaban J connectivity index is 1.82. The molecule has 4 heteroatoms. The van der Waals surface area contributed by atoms with Crippen molar-refractivity contribution in [2.24, 2.45) is 5.92 Å². The van der Waals surface area contributed by atoms with Crippen LogP contribution in [0.3, 0.4) is 0 Å². The lowest BCUT2D eigenvalue weighted by Gasteiger charge is -2.21. The second-order valence-corrected chi connectivity index (χ2v) is 5.00. The van der Waals surface area contributed by atoms with Crippen molar-refractivity contribution in [3.8, 4) is 6.07 Å². The number of benzene rings is 1. The smallest absolute Gasteiger partial charge is 0.319 e. The Morgan fingerprint density at radius 2 is 2.00 bits per heavy atom. The molecule has 0 unspecified atom stereocenters. The molecule has 4 nitrogen and oxygen atoms in total. The Morgan fingerprint density at radius 3 is 2.74 bits per heavy atom. The second-order valence-electron chi connectivity index (χ2n) is 5.00. The minimum absolute atomic E-state index is 0.228. The van der Waals surface area contributed by atoms with Crippen LogP contribution in [0.4, 0.5) is 10.5 Å². The fourth-order valence-corrected chi connectivity index (χ4v) is 2.48. The Bertz CT molecular complexity index is 473. The number of para-hydroxylation sites is 1. The molecule has 1 aliphatic carbocycles. The molecule has 0 aromatic heterocycles. The zero-order chi connectivity index (χ0) is 13.5. The number of hydrogen-bond acceptors (Lipinski definition) is 2. The highest BCUT2D eigenvalue weighted by Gasteiger charge is 2.14. The SMILES string of the molecule is N#Cc1ccccc1NC(=O)NCC1CCCCC1. The van der Waals surface area contributed by atoms with Gasteiger partial charge in [0.25, 0.3) is 0 Å². The summed E-state index contributed by atoms with van der Waals surface area (Å²) in [4.78, 5) is 11.8. The Kier molecular flexibility index (Phi) is 4.79. The standard InChI is InChI=1S/C15H19N3O/c16-10-13-8-4-5-9-14(13)18-15(19)17-11-12-6-2-1-3-7-12/h4-5,8-9,12H,1-3,6-7,11H2,(H2,17,18,19). The van der Waals surface area contributed by atoms with Gasteiger partial charge < -0.3 is 10.6 Å². The molecular weight excluding hydrogens is 238 g/mol. The molecule has 1 aromatic rings. The van der Waals surface area contributed by atoms with Gasteiger partial charge in [-0.1, -0.05) is 31.4 Å². The highest BCUT2D eigenvalue weighted by atomic mass is 16.2. The largest absolute Gasteiger partial charge is 0.338 e. The van der Waals surface area contributed by atoms with Crippen molar-refractivity contribution in [3.05, 3.63) is 29.8 Å². The summed E-state index contributed by atoms with van der Waals surface area (Å²) < 4.78 is 0. The van der Waals surface area contributed by atoms with Crippen LogP contribution in [0.2, 0.25) is 0 Å². The third kappa shape index (κ3) is 3.99. The van der Waals surface area contributed by atoms with Crippen LogP contribution in [0.25, 0.3) is 0 Å². The van der Waals surface area contributed by atoms with Gasteiger partial charge in [0.15, 0.2) is 0 Å². The molecule has 2 N–H and O–H groups in total. The lowest BCUT2D eigenvalue weighted by molar-refractivity contribution is 0.247. The van der Waals surface area contributed by atoms with E-state index in [-0.39, 0.29) is 6.03 Å². The molecule has 1 fully saturated rings. The Labute approximate surface area is 113 Å². The predicted molar refractivity (Wildman–Crippen MR) is 74.8 cm³/mol. The van der Waals surface area contributed by atoms with Crippen molar-refractivity contribution < 1.29 is 4.79 Å². The van der Waals surface area contributed by atoms with Crippen LogP contribution < -0.4 is 10.6 Å². The number of anilines is 1. The zero-order valence-electron chi connectivity index (χ0n) is 11.0. The minimum Gasteiger partial charge on any atom is -0.338 e. The van der Waals surface area contributed by atoms with Crippen LogP contribution >= 0.6 is 0 Å². The summed E-state index contributed by atoms with van der Waals surface area (Å²) in [5, 5.41) is 14.6. The van der Waals surface area contributed by atoms with E-state index in [1.165, 1.54) is 32.1 Å². The monoisotopic (exact) mass is 257 g/mol. The molecule has 0 heterocycles. The summed E-state index contributed by atoms with van der Waals surface area (Å²) in [7, 11) is 0. The van der Waals surface area contributed by atoms with Crippen LogP contribution in [0.15, 0.2) is 24.3 Å². The van der Waals surface area contributed by atoms with Crippen molar-refractivity contribution in [1.82, 2.24) is 5.32 Å². The fourth-order valence-electron chi connectivity index (χ4n) is 2.48. The van der Waals surface area contributed by atoms with Crippen LogP contribution in [-0.2, 0) is 0 Å². The molecule has 100 valence electrons. The number of carbonyl (C=O) groups excluding carboxylic acids is 1. The van der Waals surface area contributed by atoms with E-state index in [0.717, 1.165) is 6.54 Å². The number of amides is 2. The number of nitriles is 1. The predicted octanol–water partition coefficient (Wildman–Crippen LogP) is 3.26. The van der Waals surface area contributed by atoms with E-state index < -0.39 is 0 Å². The normalized spacial score (nSPS) is 15.5. The lowest BCUT2D eigenvalue weighted by atomic mass is 9.89. The molecular formula is C15H19N3O. The van der Waals surface area contributed by atoms with E-state index in [1.807, 2.05) is 0 Å². The highest BCUT2D eigenvalue weighted by Crippen LogP contribution is 2.22. The van der Waals surface area contributed by atoms with Gasteiger partial charge in [0, 0.05) is 6.54 Å². The number of urea groups is 1. The maximum absolute atomic E-state index is 11.8. The van der Waals surface area contributed by atoms with Crippen molar-refractivity contribution >= 4 is 11.7 Å². The molecule has 1 aromatic carbocycles. The molecule has 0 aliphatic heterocycles. The fraction of sp³-hybridized carbons (Fsp3) is 0.467. The van der Waals surface area contributed by atoms with Crippen molar-refractivity contribution in [2.75, 3.05) is 11.9 Å². The molecule has 0 bridgehead atoms. The number of hydrogen-bond donors (Lipinski definition) is 2. The Morgan fingerprint density at radius 1 is 1.26 bits per heavy atom. The molecule has 0 saturated heterocycles. The summed E-state index contributed by atoms with van der Waals surface area (Å²) in [6.07, 6.45) is 6.26. The summed E-state index contributed by atoms with van der Waals surface area (Å²) in [5.41, 5.74) is 1.04. The van der Waals surface area contributed by atoms with Crippen LogP contribution in [0.5, 0.6) is 0 Å². The van der Waals surface area contributed by atoms with E-state index in [4.69, 9.17) is 5.26 Å². The number of nitrogens with zero attached hydrogens (tertiary/aromatic N) is 1. The number of nitrogens with one attached hydrogen (secondary N) is 2. The molecule has 0 spiro atoms. The molecule has 2 rings (SSSR count). The van der Waals surface area contributed by atoms with Gasteiger partial charge >= 0.3 is 6.03 Å². The van der Waals surface area contributed by atoms with Gasteiger partial charge in [0.05, 0.1) is 11.3 Å². The van der Waals surface area contributed by atoms with Crippen molar-refractivity contribution in [3.63, 3.8) is 0 Å². The van der Waals surface area contributed by atoms with Gasteiger partial charge in [-0.15, -0.1) is 0 Å². The van der Waals surface area contributed by atoms with Crippen molar-refractivity contribution in [1.29, 1.82) is 5.26 Å². The lowest BCUT2D eigenvalue weighted by Crippen LogP contribution is -2.33. The summed E-state index contributed by atoms with van der Waals surface area (Å²) in [5.74, 6) is 0.603. The van der Waals surface area contributed by atoms with Gasteiger partial charge in [-0.25, -0.2) is 4.79 Å². The van der Waals surface area contributed by atoms with Crippen LogP contribution in [0, 0.1) is 17.2 Å².